The van der Waals surface area contributed by atoms with E-state index in [1.54, 1.807) is 0 Å². The van der Waals surface area contributed by atoms with Crippen molar-refractivity contribution in [3.63, 3.8) is 0 Å². The molecule has 0 aliphatic heterocycles. The largest absolute Gasteiger partial charge is 0.480 e. The molecule has 350 valence electrons. The van der Waals surface area contributed by atoms with Crippen molar-refractivity contribution in [2.75, 3.05) is 12.0 Å². The molecule has 0 fully saturated rings. The predicted molar refractivity (Wildman–Crippen MR) is 239 cm³/mol. The zero-order valence-corrected chi connectivity index (χ0v) is 37.9. The monoisotopic (exact) mass is 892 g/mol. The van der Waals surface area contributed by atoms with Crippen molar-refractivity contribution in [1.82, 2.24) is 26.6 Å². The third-order valence-corrected chi connectivity index (χ3v) is 10.8. The third-order valence-electron chi connectivity index (χ3n) is 10.2. The molecule has 11 N–H and O–H groups in total. The van der Waals surface area contributed by atoms with Crippen molar-refractivity contribution in [3.05, 3.63) is 35.9 Å². The Hall–Kier alpha value is -4.71. The van der Waals surface area contributed by atoms with Crippen LogP contribution in [0, 0.1) is 5.92 Å². The number of aliphatic hydroxyl groups is 1. The number of aliphatic hydroxyl groups excluding tert-OH is 1. The number of rotatable bonds is 35. The normalized spacial score (nSPS) is 14.0. The molecule has 0 aromatic heterocycles. The van der Waals surface area contributed by atoms with Crippen molar-refractivity contribution >= 4 is 59.1 Å². The third kappa shape index (κ3) is 25.3. The van der Waals surface area contributed by atoms with Crippen molar-refractivity contribution < 1.29 is 48.6 Å². The quantitative estimate of drug-likeness (QED) is 0.0447. The van der Waals surface area contributed by atoms with E-state index in [0.29, 0.717) is 18.6 Å². The fourth-order valence-corrected chi connectivity index (χ4v) is 7.21. The number of carbonyl (C=O) groups is 8. The number of primary amides is 2. The first kappa shape index (κ1) is 55.3. The van der Waals surface area contributed by atoms with E-state index in [-0.39, 0.29) is 43.9 Å². The molecule has 0 unspecified atom stereocenters. The second kappa shape index (κ2) is 32.0. The van der Waals surface area contributed by atoms with Crippen LogP contribution < -0.4 is 38.1 Å². The molecule has 6 atom stereocenters. The number of nitrogens with one attached hydrogen (secondary N) is 5. The number of carboxylic acids is 1. The van der Waals surface area contributed by atoms with Gasteiger partial charge in [-0.15, -0.1) is 0 Å². The minimum atomic E-state index is -1.27. The molecule has 0 heterocycles. The van der Waals surface area contributed by atoms with E-state index < -0.39 is 84.1 Å². The Labute approximate surface area is 371 Å². The zero-order valence-electron chi connectivity index (χ0n) is 37.1. The van der Waals surface area contributed by atoms with Crippen molar-refractivity contribution in [3.8, 4) is 0 Å². The Morgan fingerprint density at radius 2 is 1.08 bits per heavy atom. The van der Waals surface area contributed by atoms with Gasteiger partial charge in [-0.05, 0) is 56.1 Å². The molecule has 1 rings (SSSR count). The Morgan fingerprint density at radius 3 is 1.53 bits per heavy atom. The van der Waals surface area contributed by atoms with Crippen LogP contribution in [0.25, 0.3) is 0 Å². The molecule has 1 aromatic rings. The molecule has 0 bridgehead atoms. The van der Waals surface area contributed by atoms with Gasteiger partial charge < -0.3 is 48.3 Å². The molecule has 0 spiro atoms. The van der Waals surface area contributed by atoms with Gasteiger partial charge in [-0.2, -0.15) is 11.8 Å². The summed E-state index contributed by atoms with van der Waals surface area (Å²) in [6, 6.07) is 3.42. The molecule has 0 aliphatic rings. The van der Waals surface area contributed by atoms with Gasteiger partial charge in [-0.25, -0.2) is 4.79 Å². The standard InChI is InChI=1S/C44H73N7O10S/c1-29(2)26-34(41(57)49-33(40(46)56)27-31-20-16-15-17-21-31)50-43(59)39(30(3)52)51-38(55)23-19-14-12-10-8-6-5-7-9-11-13-18-22-37(54)47-35(28-36(45)53)42(58)48-32(44(60)61)24-25-62-4/h15-17,20-21,29-30,32-35,39,52H,5-14,18-19,22-28H2,1-4H3,(H2,45,53)(H2,46,56)(H,47,54)(H,48,58)(H,49,57)(H,50,59)(H,51,55)(H,60,61)/t30-,32+,33+,34+,35+,39+/m1/s1. The topological polar surface area (TPSA) is 289 Å². The van der Waals surface area contributed by atoms with Gasteiger partial charge in [0.2, 0.25) is 41.4 Å². The van der Waals surface area contributed by atoms with Gasteiger partial charge in [0.15, 0.2) is 0 Å². The number of carboxylic acid groups (broad SMARTS) is 1. The van der Waals surface area contributed by atoms with E-state index in [9.17, 15) is 48.6 Å². The summed E-state index contributed by atoms with van der Waals surface area (Å²) in [6.45, 7) is 5.15. The predicted octanol–water partition coefficient (Wildman–Crippen LogP) is 2.74. The summed E-state index contributed by atoms with van der Waals surface area (Å²) < 4.78 is 0. The van der Waals surface area contributed by atoms with Crippen LogP contribution in [0.5, 0.6) is 0 Å². The van der Waals surface area contributed by atoms with Crippen LogP contribution >= 0.6 is 11.8 Å². The van der Waals surface area contributed by atoms with Crippen molar-refractivity contribution in [2.24, 2.45) is 17.4 Å². The Kier molecular flexibility index (Phi) is 28.6. The summed E-state index contributed by atoms with van der Waals surface area (Å²) in [5, 5.41) is 32.6. The number of carbonyl (C=O) groups excluding carboxylic acids is 7. The first-order valence-electron chi connectivity index (χ1n) is 22.0. The smallest absolute Gasteiger partial charge is 0.326 e. The molecule has 1 aromatic carbocycles. The van der Waals surface area contributed by atoms with Crippen LogP contribution in [0.3, 0.4) is 0 Å². The first-order valence-corrected chi connectivity index (χ1v) is 23.4. The average Bonchev–Trinajstić information content (AvgIpc) is 3.20. The molecular formula is C44H73N7O10S. The van der Waals surface area contributed by atoms with Gasteiger partial charge in [0.25, 0.3) is 0 Å². The Bertz CT molecular complexity index is 1550. The van der Waals surface area contributed by atoms with E-state index in [1.807, 2.05) is 50.4 Å². The lowest BCUT2D eigenvalue weighted by atomic mass is 10.0. The lowest BCUT2D eigenvalue weighted by molar-refractivity contribution is -0.142. The highest BCUT2D eigenvalue weighted by Gasteiger charge is 2.32. The number of amides is 7. The fraction of sp³-hybridized carbons (Fsp3) is 0.682. The van der Waals surface area contributed by atoms with Crippen molar-refractivity contribution in [1.29, 1.82) is 0 Å². The maximum Gasteiger partial charge on any atom is 0.326 e. The molecule has 0 radical (unpaired) electrons. The molecule has 62 heavy (non-hydrogen) atoms. The van der Waals surface area contributed by atoms with Gasteiger partial charge >= 0.3 is 5.97 Å². The Morgan fingerprint density at radius 1 is 0.613 bits per heavy atom. The number of aliphatic carboxylic acids is 1. The van der Waals surface area contributed by atoms with Gasteiger partial charge in [-0.3, -0.25) is 33.6 Å². The lowest BCUT2D eigenvalue weighted by Gasteiger charge is -2.26. The molecular weight excluding hydrogens is 819 g/mol. The van der Waals surface area contributed by atoms with Crippen LogP contribution in [0.2, 0.25) is 0 Å². The molecule has 0 aliphatic carbocycles. The molecule has 0 saturated carbocycles. The van der Waals surface area contributed by atoms with Crippen LogP contribution in [0.1, 0.15) is 135 Å². The van der Waals surface area contributed by atoms with Gasteiger partial charge in [-0.1, -0.05) is 108 Å². The van der Waals surface area contributed by atoms with Crippen LogP contribution in [-0.4, -0.2) is 106 Å². The summed E-state index contributed by atoms with van der Waals surface area (Å²) in [5.41, 5.74) is 11.6. The number of unbranched alkanes of at least 4 members (excludes halogenated alkanes) is 11. The minimum Gasteiger partial charge on any atom is -0.480 e. The second-order valence-electron chi connectivity index (χ2n) is 16.3. The summed E-state index contributed by atoms with van der Waals surface area (Å²) in [7, 11) is 0. The fourth-order valence-electron chi connectivity index (χ4n) is 6.74. The number of nitrogens with two attached hydrogens (primary N) is 2. The van der Waals surface area contributed by atoms with Crippen LogP contribution in [0.4, 0.5) is 0 Å². The highest BCUT2D eigenvalue weighted by atomic mass is 32.2. The van der Waals surface area contributed by atoms with E-state index in [0.717, 1.165) is 69.8 Å². The zero-order chi connectivity index (χ0) is 46.5. The number of thioether (sulfide) groups is 1. The van der Waals surface area contributed by atoms with E-state index in [1.165, 1.54) is 18.7 Å². The number of hydrogen-bond acceptors (Lipinski definition) is 10. The van der Waals surface area contributed by atoms with Gasteiger partial charge in [0, 0.05) is 19.3 Å². The highest BCUT2D eigenvalue weighted by Crippen LogP contribution is 2.14. The summed E-state index contributed by atoms with van der Waals surface area (Å²) in [4.78, 5) is 99.6. The van der Waals surface area contributed by atoms with Gasteiger partial charge in [0.05, 0.1) is 12.5 Å². The summed E-state index contributed by atoms with van der Waals surface area (Å²) in [5.74, 6) is -5.01. The van der Waals surface area contributed by atoms with E-state index in [4.69, 9.17) is 11.5 Å². The minimum absolute atomic E-state index is 0.00203. The first-order chi connectivity index (χ1) is 29.4. The number of benzene rings is 1. The van der Waals surface area contributed by atoms with Gasteiger partial charge in [0.1, 0.15) is 30.2 Å². The lowest BCUT2D eigenvalue weighted by Crippen LogP contribution is -2.59. The van der Waals surface area contributed by atoms with Crippen molar-refractivity contribution in [2.45, 2.75) is 173 Å². The molecule has 17 nitrogen and oxygen atoms in total. The van der Waals surface area contributed by atoms with Crippen LogP contribution in [-0.2, 0) is 44.8 Å². The SMILES string of the molecule is CSCC[C@H](NC(=O)[C@H](CC(N)=O)NC(=O)CCCCCCCCCCCCCCC(=O)N[C@H](C(=O)N[C@@H](CC(C)C)C(=O)N[C@@H](Cc1ccccc1)C(N)=O)[C@@H](C)O)C(=O)O. The maximum absolute atomic E-state index is 13.3. The van der Waals surface area contributed by atoms with Crippen LogP contribution in [0.15, 0.2) is 30.3 Å². The molecule has 18 heteroatoms. The summed E-state index contributed by atoms with van der Waals surface area (Å²) >= 11 is 1.44. The molecule has 7 amide bonds. The highest BCUT2D eigenvalue weighted by molar-refractivity contribution is 7.98. The average molecular weight is 892 g/mol. The van der Waals surface area contributed by atoms with E-state index >= 15 is 0 Å². The Balaban J connectivity index is 2.33. The second-order valence-corrected chi connectivity index (χ2v) is 17.3. The summed E-state index contributed by atoms with van der Waals surface area (Å²) in [6.07, 6.45) is 12.3. The van der Waals surface area contributed by atoms with E-state index in [2.05, 4.69) is 26.6 Å². The molecule has 0 saturated heterocycles. The number of hydrogen-bond donors (Lipinski definition) is 9. The maximum atomic E-state index is 13.3.